The van der Waals surface area contributed by atoms with E-state index in [-0.39, 0.29) is 12.5 Å². The molecule has 1 aromatic rings. The maximum absolute atomic E-state index is 12.5. The van der Waals surface area contributed by atoms with Crippen molar-refractivity contribution < 1.29 is 9.90 Å². The van der Waals surface area contributed by atoms with E-state index in [4.69, 9.17) is 5.11 Å². The molecule has 1 fully saturated rings. The third kappa shape index (κ3) is 3.53. The van der Waals surface area contributed by atoms with Crippen LogP contribution < -0.4 is 0 Å². The van der Waals surface area contributed by atoms with Gasteiger partial charge in [0.1, 0.15) is 11.5 Å². The van der Waals surface area contributed by atoms with E-state index in [1.54, 1.807) is 0 Å². The summed E-state index contributed by atoms with van der Waals surface area (Å²) in [6.45, 7) is 3.62. The molecule has 102 valence electrons. The molecule has 2 heterocycles. The van der Waals surface area contributed by atoms with Crippen LogP contribution in [0.1, 0.15) is 28.6 Å². The number of hydrogen-bond acceptors (Lipinski definition) is 4. The third-order valence-electron chi connectivity index (χ3n) is 3.04. The highest BCUT2D eigenvalue weighted by atomic mass is 32.2. The molecule has 5 heteroatoms. The Balaban J connectivity index is 2.13. The van der Waals surface area contributed by atoms with Crippen molar-refractivity contribution in [2.45, 2.75) is 18.6 Å². The van der Waals surface area contributed by atoms with Gasteiger partial charge >= 0.3 is 0 Å². The second-order valence-electron chi connectivity index (χ2n) is 4.28. The van der Waals surface area contributed by atoms with Crippen LogP contribution in [-0.2, 0) is 0 Å². The molecule has 1 saturated heterocycles. The quantitative estimate of drug-likeness (QED) is 0.849. The highest BCUT2D eigenvalue weighted by Gasteiger charge is 2.25. The molecular weight excluding hydrogens is 278 g/mol. The van der Waals surface area contributed by atoms with Gasteiger partial charge in [0.2, 0.25) is 0 Å². The van der Waals surface area contributed by atoms with Crippen LogP contribution in [-0.4, -0.2) is 46.6 Å². The number of carbonyl (C=O) groups excluding carboxylic acids is 1. The molecule has 0 radical (unpaired) electrons. The number of rotatable bonds is 2. The first kappa shape index (κ1) is 14.4. The molecule has 1 aliphatic rings. The van der Waals surface area contributed by atoms with E-state index in [0.29, 0.717) is 10.1 Å². The third-order valence-corrected chi connectivity index (χ3v) is 5.32. The van der Waals surface area contributed by atoms with Crippen LogP contribution in [0.3, 0.4) is 0 Å². The van der Waals surface area contributed by atoms with Crippen molar-refractivity contribution in [3.8, 4) is 11.8 Å². The monoisotopic (exact) mass is 295 g/mol. The second kappa shape index (κ2) is 6.99. The molecule has 0 aromatic carbocycles. The van der Waals surface area contributed by atoms with E-state index < -0.39 is 0 Å². The Bertz CT molecular complexity index is 501. The lowest BCUT2D eigenvalue weighted by atomic mass is 10.2. The van der Waals surface area contributed by atoms with Crippen LogP contribution in [0, 0.1) is 11.8 Å². The fourth-order valence-electron chi connectivity index (χ4n) is 2.00. The summed E-state index contributed by atoms with van der Waals surface area (Å²) in [6, 6.07) is 1.84. The van der Waals surface area contributed by atoms with E-state index in [9.17, 15) is 4.79 Å². The van der Waals surface area contributed by atoms with Gasteiger partial charge in [0.05, 0.1) is 0 Å². The minimum Gasteiger partial charge on any atom is -0.384 e. The van der Waals surface area contributed by atoms with Crippen molar-refractivity contribution in [3.05, 3.63) is 21.9 Å². The van der Waals surface area contributed by atoms with E-state index >= 15 is 0 Å². The van der Waals surface area contributed by atoms with Crippen LogP contribution in [0.5, 0.6) is 0 Å². The van der Waals surface area contributed by atoms with Gasteiger partial charge in [-0.05, 0) is 17.9 Å². The highest BCUT2D eigenvalue weighted by Crippen LogP contribution is 2.25. The van der Waals surface area contributed by atoms with Gasteiger partial charge in [-0.2, -0.15) is 11.8 Å². The van der Waals surface area contributed by atoms with Gasteiger partial charge < -0.3 is 10.0 Å². The number of nitrogens with zero attached hydrogens (tertiary/aromatic N) is 1. The van der Waals surface area contributed by atoms with Crippen molar-refractivity contribution in [3.63, 3.8) is 0 Å². The van der Waals surface area contributed by atoms with Crippen molar-refractivity contribution in [1.82, 2.24) is 4.90 Å². The van der Waals surface area contributed by atoms with Crippen molar-refractivity contribution in [2.75, 3.05) is 25.4 Å². The zero-order valence-electron chi connectivity index (χ0n) is 10.9. The van der Waals surface area contributed by atoms with E-state index in [2.05, 4.69) is 18.8 Å². The number of thioether (sulfide) groups is 1. The predicted octanol–water partition coefficient (Wildman–Crippen LogP) is 2.06. The summed E-state index contributed by atoms with van der Waals surface area (Å²) < 4.78 is 0. The minimum atomic E-state index is -0.179. The number of thiophene rings is 1. The first-order valence-electron chi connectivity index (χ1n) is 6.34. The molecule has 19 heavy (non-hydrogen) atoms. The number of aliphatic hydroxyl groups excluding tert-OH is 1. The SMILES string of the molecule is CCC1CN(C(=O)c2sccc2C#CCO)CCS1. The summed E-state index contributed by atoms with van der Waals surface area (Å²) in [4.78, 5) is 15.1. The van der Waals surface area contributed by atoms with Gasteiger partial charge in [-0.15, -0.1) is 11.3 Å². The topological polar surface area (TPSA) is 40.5 Å². The molecule has 1 aromatic heterocycles. The zero-order chi connectivity index (χ0) is 13.7. The fraction of sp³-hybridized carbons (Fsp3) is 0.500. The Morgan fingerprint density at radius 3 is 3.21 bits per heavy atom. The molecule has 1 N–H and O–H groups in total. The van der Waals surface area contributed by atoms with Crippen LogP contribution in [0.2, 0.25) is 0 Å². The lowest BCUT2D eigenvalue weighted by Gasteiger charge is -2.31. The Morgan fingerprint density at radius 2 is 2.47 bits per heavy atom. The van der Waals surface area contributed by atoms with Crippen molar-refractivity contribution >= 4 is 29.0 Å². The van der Waals surface area contributed by atoms with Crippen LogP contribution in [0.25, 0.3) is 0 Å². The molecular formula is C14H17NO2S2. The molecule has 0 bridgehead atoms. The first-order valence-corrected chi connectivity index (χ1v) is 8.27. The Morgan fingerprint density at radius 1 is 1.63 bits per heavy atom. The van der Waals surface area contributed by atoms with E-state index in [1.165, 1.54) is 11.3 Å². The lowest BCUT2D eigenvalue weighted by molar-refractivity contribution is 0.0765. The Hall–Kier alpha value is -0.960. The maximum Gasteiger partial charge on any atom is 0.265 e. The van der Waals surface area contributed by atoms with Crippen molar-refractivity contribution in [1.29, 1.82) is 0 Å². The molecule has 1 amide bonds. The van der Waals surface area contributed by atoms with Gasteiger partial charge in [0, 0.05) is 29.7 Å². The molecule has 0 spiro atoms. The number of aliphatic hydroxyl groups is 1. The fourth-order valence-corrected chi connectivity index (χ4v) is 4.00. The summed E-state index contributed by atoms with van der Waals surface area (Å²) >= 11 is 3.38. The largest absolute Gasteiger partial charge is 0.384 e. The maximum atomic E-state index is 12.5. The first-order chi connectivity index (χ1) is 9.26. The number of hydrogen-bond donors (Lipinski definition) is 1. The molecule has 1 atom stereocenters. The normalized spacial score (nSPS) is 18.8. The summed E-state index contributed by atoms with van der Waals surface area (Å²) in [7, 11) is 0. The Kier molecular flexibility index (Phi) is 5.32. The summed E-state index contributed by atoms with van der Waals surface area (Å²) in [5.74, 6) is 6.54. The summed E-state index contributed by atoms with van der Waals surface area (Å²) in [5, 5.41) is 11.2. The molecule has 0 saturated carbocycles. The lowest BCUT2D eigenvalue weighted by Crippen LogP contribution is -2.41. The van der Waals surface area contributed by atoms with Gasteiger partial charge in [0.25, 0.3) is 5.91 Å². The van der Waals surface area contributed by atoms with Gasteiger partial charge in [-0.25, -0.2) is 0 Å². The van der Waals surface area contributed by atoms with Gasteiger partial charge in [0.15, 0.2) is 0 Å². The van der Waals surface area contributed by atoms with Gasteiger partial charge in [-0.1, -0.05) is 18.8 Å². The van der Waals surface area contributed by atoms with Crippen molar-refractivity contribution in [2.24, 2.45) is 0 Å². The van der Waals surface area contributed by atoms with Gasteiger partial charge in [-0.3, -0.25) is 4.79 Å². The average Bonchev–Trinajstić information content (AvgIpc) is 2.92. The molecule has 0 aliphatic carbocycles. The smallest absolute Gasteiger partial charge is 0.265 e. The standard InChI is InChI=1S/C14H17NO2S2/c1-2-12-10-15(6-9-18-12)14(17)13-11(4-3-7-16)5-8-19-13/h5,8,12,16H,2,6-7,9-10H2,1H3. The van der Waals surface area contributed by atoms with Crippen LogP contribution in [0.15, 0.2) is 11.4 Å². The second-order valence-corrected chi connectivity index (χ2v) is 6.60. The number of carbonyl (C=O) groups is 1. The van der Waals surface area contributed by atoms with E-state index in [1.807, 2.05) is 28.1 Å². The average molecular weight is 295 g/mol. The molecule has 2 rings (SSSR count). The zero-order valence-corrected chi connectivity index (χ0v) is 12.5. The van der Waals surface area contributed by atoms with E-state index in [0.717, 1.165) is 30.8 Å². The highest BCUT2D eigenvalue weighted by molar-refractivity contribution is 8.00. The summed E-state index contributed by atoms with van der Waals surface area (Å²) in [6.07, 6.45) is 1.09. The molecule has 3 nitrogen and oxygen atoms in total. The predicted molar refractivity (Wildman–Crippen MR) is 80.7 cm³/mol. The van der Waals surface area contributed by atoms with Crippen LogP contribution >= 0.6 is 23.1 Å². The van der Waals surface area contributed by atoms with Crippen LogP contribution in [0.4, 0.5) is 0 Å². The molecule has 1 aliphatic heterocycles. The number of amides is 1. The summed E-state index contributed by atoms with van der Waals surface area (Å²) in [5.41, 5.74) is 0.732. The Labute approximate surface area is 122 Å². The minimum absolute atomic E-state index is 0.0796. The molecule has 1 unspecified atom stereocenters.